The van der Waals surface area contributed by atoms with Crippen molar-refractivity contribution in [3.63, 3.8) is 0 Å². The Balaban J connectivity index is 2.74. The van der Waals surface area contributed by atoms with Gasteiger partial charge in [0.15, 0.2) is 0 Å². The molecule has 0 saturated heterocycles. The van der Waals surface area contributed by atoms with E-state index in [1.807, 2.05) is 31.2 Å². The van der Waals surface area contributed by atoms with Crippen molar-refractivity contribution in [1.82, 2.24) is 0 Å². The van der Waals surface area contributed by atoms with Crippen molar-refractivity contribution in [3.05, 3.63) is 35.4 Å². The summed E-state index contributed by atoms with van der Waals surface area (Å²) in [5.74, 6) is 0.842. The predicted molar refractivity (Wildman–Crippen MR) is 61.2 cm³/mol. The van der Waals surface area contributed by atoms with Crippen LogP contribution >= 0.6 is 11.8 Å². The molecule has 0 amide bonds. The van der Waals surface area contributed by atoms with Crippen LogP contribution in [0.2, 0.25) is 0 Å². The van der Waals surface area contributed by atoms with Crippen LogP contribution in [0.5, 0.6) is 0 Å². The molecule has 0 saturated carbocycles. The van der Waals surface area contributed by atoms with E-state index in [4.69, 9.17) is 0 Å². The van der Waals surface area contributed by atoms with Crippen LogP contribution in [0.4, 0.5) is 0 Å². The highest BCUT2D eigenvalue weighted by molar-refractivity contribution is 8.14. The number of rotatable bonds is 3. The summed E-state index contributed by atoms with van der Waals surface area (Å²) in [5.41, 5.74) is 2.09. The van der Waals surface area contributed by atoms with Crippen molar-refractivity contribution >= 4 is 24.7 Å². The van der Waals surface area contributed by atoms with E-state index in [2.05, 4.69) is 7.85 Å². The molecule has 1 aromatic carbocycles. The maximum Gasteiger partial charge on any atom is 0.219 e. The fourth-order valence-electron chi connectivity index (χ4n) is 1.09. The van der Waals surface area contributed by atoms with Crippen molar-refractivity contribution < 1.29 is 4.79 Å². The van der Waals surface area contributed by atoms with Gasteiger partial charge in [-0.15, -0.1) is 0 Å². The summed E-state index contributed by atoms with van der Waals surface area (Å²) in [4.78, 5) is 11.4. The van der Waals surface area contributed by atoms with Crippen LogP contribution in [-0.2, 0) is 6.32 Å². The van der Waals surface area contributed by atoms with E-state index in [9.17, 15) is 4.79 Å². The summed E-state index contributed by atoms with van der Waals surface area (Å²) < 4.78 is 0. The van der Waals surface area contributed by atoms with Crippen LogP contribution in [0.25, 0.3) is 0 Å². The SMILES string of the molecule is BCc1ccc(C(=O)SCC)cc1. The Hall–Kier alpha value is -0.695. The number of thioether (sulfide) groups is 1. The van der Waals surface area contributed by atoms with Crippen molar-refractivity contribution in [2.45, 2.75) is 13.2 Å². The molecule has 0 aliphatic rings. The molecule has 1 aromatic rings. The van der Waals surface area contributed by atoms with Crippen molar-refractivity contribution in [2.75, 3.05) is 5.75 Å². The Morgan fingerprint density at radius 2 is 2.00 bits per heavy atom. The molecule has 0 unspecified atom stereocenters. The highest BCUT2D eigenvalue weighted by atomic mass is 32.2. The second-order valence-electron chi connectivity index (χ2n) is 2.77. The van der Waals surface area contributed by atoms with Gasteiger partial charge in [-0.3, -0.25) is 4.79 Å². The Morgan fingerprint density at radius 1 is 1.38 bits per heavy atom. The maximum atomic E-state index is 11.4. The van der Waals surface area contributed by atoms with Crippen LogP contribution in [0.15, 0.2) is 24.3 Å². The Morgan fingerprint density at radius 3 is 2.46 bits per heavy atom. The normalized spacial score (nSPS) is 9.92. The van der Waals surface area contributed by atoms with Gasteiger partial charge in [0.2, 0.25) is 5.12 Å². The van der Waals surface area contributed by atoms with Crippen LogP contribution < -0.4 is 0 Å². The van der Waals surface area contributed by atoms with Crippen LogP contribution in [-0.4, -0.2) is 18.7 Å². The summed E-state index contributed by atoms with van der Waals surface area (Å²) in [5, 5.41) is 0.171. The van der Waals surface area contributed by atoms with Gasteiger partial charge >= 0.3 is 0 Å². The van der Waals surface area contributed by atoms with Gasteiger partial charge in [-0.05, 0) is 5.75 Å². The van der Waals surface area contributed by atoms with Gasteiger partial charge in [-0.1, -0.05) is 54.8 Å². The Labute approximate surface area is 84.3 Å². The fourth-order valence-corrected chi connectivity index (χ4v) is 1.66. The molecule has 0 aromatic heterocycles. The highest BCUT2D eigenvalue weighted by Crippen LogP contribution is 2.12. The van der Waals surface area contributed by atoms with E-state index in [1.165, 1.54) is 17.3 Å². The summed E-state index contributed by atoms with van der Waals surface area (Å²) in [6, 6.07) is 7.85. The van der Waals surface area contributed by atoms with E-state index >= 15 is 0 Å². The monoisotopic (exact) mass is 192 g/mol. The summed E-state index contributed by atoms with van der Waals surface area (Å²) >= 11 is 1.36. The predicted octanol–water partition coefficient (Wildman–Crippen LogP) is 1.71. The van der Waals surface area contributed by atoms with Gasteiger partial charge in [0.05, 0.1) is 0 Å². The second kappa shape index (κ2) is 5.13. The minimum Gasteiger partial charge on any atom is -0.282 e. The molecular weight excluding hydrogens is 179 g/mol. The number of hydrogen-bond acceptors (Lipinski definition) is 2. The van der Waals surface area contributed by atoms with E-state index in [-0.39, 0.29) is 5.12 Å². The molecule has 13 heavy (non-hydrogen) atoms. The lowest BCUT2D eigenvalue weighted by molar-refractivity contribution is 0.108. The number of carbonyl (C=O) groups excluding carboxylic acids is 1. The molecule has 0 spiro atoms. The molecule has 0 heterocycles. The van der Waals surface area contributed by atoms with Gasteiger partial charge in [-0.2, -0.15) is 0 Å². The number of benzene rings is 1. The molecule has 0 atom stereocenters. The van der Waals surface area contributed by atoms with E-state index in [0.29, 0.717) is 0 Å². The second-order valence-corrected chi connectivity index (χ2v) is 4.01. The molecule has 0 fully saturated rings. The molecule has 0 aliphatic heterocycles. The summed E-state index contributed by atoms with van der Waals surface area (Å²) in [6.45, 7) is 1.99. The first-order valence-electron chi connectivity index (χ1n) is 4.54. The third-order valence-corrected chi connectivity index (χ3v) is 2.66. The van der Waals surface area contributed by atoms with Crippen molar-refractivity contribution in [2.24, 2.45) is 0 Å². The number of carbonyl (C=O) groups is 1. The van der Waals surface area contributed by atoms with Crippen LogP contribution in [0.3, 0.4) is 0 Å². The first-order chi connectivity index (χ1) is 6.27. The van der Waals surface area contributed by atoms with Crippen LogP contribution in [0.1, 0.15) is 22.8 Å². The molecular formula is C10H13BOS. The van der Waals surface area contributed by atoms with Gasteiger partial charge in [0.25, 0.3) is 0 Å². The lowest BCUT2D eigenvalue weighted by Gasteiger charge is -1.99. The quantitative estimate of drug-likeness (QED) is 0.678. The van der Waals surface area contributed by atoms with Gasteiger partial charge in [-0.25, -0.2) is 0 Å². The summed E-state index contributed by atoms with van der Waals surface area (Å²) in [7, 11) is 2.11. The van der Waals surface area contributed by atoms with Gasteiger partial charge in [0, 0.05) is 5.56 Å². The molecule has 1 nitrogen and oxygen atoms in total. The van der Waals surface area contributed by atoms with E-state index in [0.717, 1.165) is 17.6 Å². The van der Waals surface area contributed by atoms with E-state index in [1.54, 1.807) is 0 Å². The number of hydrogen-bond donors (Lipinski definition) is 0. The molecule has 3 heteroatoms. The smallest absolute Gasteiger partial charge is 0.219 e. The van der Waals surface area contributed by atoms with Crippen molar-refractivity contribution in [1.29, 1.82) is 0 Å². The first-order valence-corrected chi connectivity index (χ1v) is 5.52. The largest absolute Gasteiger partial charge is 0.282 e. The average Bonchev–Trinajstić information content (AvgIpc) is 2.18. The fraction of sp³-hybridized carbons (Fsp3) is 0.300. The molecule has 0 N–H and O–H groups in total. The zero-order valence-electron chi connectivity index (χ0n) is 8.04. The lowest BCUT2D eigenvalue weighted by Crippen LogP contribution is -1.94. The lowest BCUT2D eigenvalue weighted by atomic mass is 9.96. The van der Waals surface area contributed by atoms with Gasteiger partial charge < -0.3 is 0 Å². The molecule has 1 rings (SSSR count). The maximum absolute atomic E-state index is 11.4. The Kier molecular flexibility index (Phi) is 4.09. The topological polar surface area (TPSA) is 17.1 Å². The average molecular weight is 192 g/mol. The third kappa shape index (κ3) is 2.92. The zero-order valence-corrected chi connectivity index (χ0v) is 8.86. The van der Waals surface area contributed by atoms with Crippen molar-refractivity contribution in [3.8, 4) is 0 Å². The Bertz CT molecular complexity index is 281. The molecule has 68 valence electrons. The molecule has 0 aliphatic carbocycles. The zero-order chi connectivity index (χ0) is 9.68. The minimum absolute atomic E-state index is 0.171. The first kappa shape index (κ1) is 10.4. The summed E-state index contributed by atoms with van der Waals surface area (Å²) in [6.07, 6.45) is 1.02. The van der Waals surface area contributed by atoms with E-state index < -0.39 is 0 Å². The third-order valence-electron chi connectivity index (χ3n) is 1.87. The molecule has 0 radical (unpaired) electrons. The van der Waals surface area contributed by atoms with Gasteiger partial charge in [0.1, 0.15) is 7.85 Å². The standard InChI is InChI=1S/C10H13BOS/c1-2-13-10(12)9-5-3-8(7-11)4-6-9/h3-6H,2,7,11H2,1H3. The molecule has 0 bridgehead atoms. The minimum atomic E-state index is 0.171. The van der Waals surface area contributed by atoms with Crippen LogP contribution in [0, 0.1) is 0 Å². The highest BCUT2D eigenvalue weighted by Gasteiger charge is 2.03.